The van der Waals surface area contributed by atoms with Gasteiger partial charge in [-0.25, -0.2) is 37.5 Å². The lowest BCUT2D eigenvalue weighted by Gasteiger charge is -2.29. The number of halogens is 4. The van der Waals surface area contributed by atoms with E-state index in [-0.39, 0.29) is 8.85 Å². The summed E-state index contributed by atoms with van der Waals surface area (Å²) in [5.41, 5.74) is 14.8. The molecule has 0 radical (unpaired) electrons. The monoisotopic (exact) mass is 1420 g/mol. The Balaban J connectivity index is 0.000000232. The molecule has 0 saturated heterocycles. The summed E-state index contributed by atoms with van der Waals surface area (Å²) in [6, 6.07) is 115. The van der Waals surface area contributed by atoms with Gasteiger partial charge in [-0.1, -0.05) is 274 Å². The van der Waals surface area contributed by atoms with Crippen LogP contribution in [0.15, 0.2) is 328 Å². The van der Waals surface area contributed by atoms with Crippen LogP contribution in [0.3, 0.4) is 0 Å². The molecule has 0 aliphatic carbocycles. The maximum absolute atomic E-state index is 14.6. The number of benzene rings is 14. The van der Waals surface area contributed by atoms with Gasteiger partial charge in [0.2, 0.25) is 0 Å². The number of hydrogen-bond acceptors (Lipinski definition) is 6. The Morgan fingerprint density at radius 3 is 0.670 bits per heavy atom. The predicted molar refractivity (Wildman–Crippen MR) is 432 cm³/mol. The lowest BCUT2D eigenvalue weighted by atomic mass is 9.96. The Labute approximate surface area is 623 Å². The fourth-order valence-corrected chi connectivity index (χ4v) is 15.6. The molecule has 20 rings (SSSR count). The van der Waals surface area contributed by atoms with Crippen LogP contribution in [0.2, 0.25) is 0 Å². The van der Waals surface area contributed by atoms with Gasteiger partial charge in [0.1, 0.15) is 23.3 Å². The van der Waals surface area contributed by atoms with Crippen LogP contribution < -0.4 is 0 Å². The van der Waals surface area contributed by atoms with Gasteiger partial charge in [-0.3, -0.25) is 0 Å². The first-order valence-electron chi connectivity index (χ1n) is 35.1. The Bertz CT molecular complexity index is 6530. The maximum atomic E-state index is 14.6. The van der Waals surface area contributed by atoms with E-state index in [4.69, 9.17) is 15.2 Å². The Morgan fingerprint density at radius 2 is 0.440 bits per heavy atom. The fraction of sp³-hybridized carbons (Fsp3) is 0.0105. The first-order valence-corrected chi connectivity index (χ1v) is 35.1. The van der Waals surface area contributed by atoms with Crippen molar-refractivity contribution in [2.75, 3.05) is 0 Å². The summed E-state index contributed by atoms with van der Waals surface area (Å²) in [6.45, 7) is 0. The van der Waals surface area contributed by atoms with E-state index in [1.165, 1.54) is 0 Å². The molecule has 0 spiro atoms. The minimum atomic E-state index is -1.79. The number of rotatable bonds is 10. The summed E-state index contributed by atoms with van der Waals surface area (Å²) < 4.78 is 67.1. The number of fused-ring (bicyclic) bond motifs is 12. The zero-order valence-corrected chi connectivity index (χ0v) is 57.2. The van der Waals surface area contributed by atoms with Crippen molar-refractivity contribution in [3.63, 3.8) is 0 Å². The van der Waals surface area contributed by atoms with E-state index in [9.17, 15) is 22.8 Å². The molecule has 20 aromatic rings. The molecule has 0 atom stereocenters. The summed E-state index contributed by atoms with van der Waals surface area (Å²) in [5.74, 6) is -7.07. The van der Waals surface area contributed by atoms with E-state index in [1.54, 1.807) is 66.7 Å². The van der Waals surface area contributed by atoms with Crippen molar-refractivity contribution >= 4 is 87.2 Å². The molecule has 0 aliphatic rings. The number of aromatic nitrogens is 8. The van der Waals surface area contributed by atoms with Crippen LogP contribution in [0.5, 0.6) is 0 Å². The Hall–Kier alpha value is -14.9. The zero-order valence-electron chi connectivity index (χ0n) is 57.2. The first kappa shape index (κ1) is 66.1. The van der Waals surface area contributed by atoms with Crippen LogP contribution in [0.1, 0.15) is 20.0 Å². The second-order valence-corrected chi connectivity index (χ2v) is 26.2. The molecule has 0 N–H and O–H groups in total. The first-order chi connectivity index (χ1) is 53.2. The fourth-order valence-electron chi connectivity index (χ4n) is 15.6. The molecular formula is C95H60F4N10. The van der Waals surface area contributed by atoms with E-state index in [1.807, 2.05) is 12.1 Å². The van der Waals surface area contributed by atoms with Crippen LogP contribution in [0, 0.1) is 45.9 Å². The molecule has 6 heterocycles. The molecule has 0 amide bonds. The van der Waals surface area contributed by atoms with E-state index >= 15 is 0 Å². The van der Waals surface area contributed by atoms with E-state index in [2.05, 4.69) is 283 Å². The maximum Gasteiger partial charge on any atom is 0.180 e. The minimum Gasteiger partial charge on any atom is -0.306 e. The highest BCUT2D eigenvalue weighted by molar-refractivity contribution is 6.17. The summed E-state index contributed by atoms with van der Waals surface area (Å²) >= 11 is 0. The van der Waals surface area contributed by atoms with Crippen LogP contribution in [-0.4, -0.2) is 38.2 Å². The summed E-state index contributed by atoms with van der Waals surface area (Å²) in [7, 11) is 0. The van der Waals surface area contributed by atoms with Crippen molar-refractivity contribution in [1.29, 1.82) is 10.5 Å². The predicted octanol–water partition coefficient (Wildman–Crippen LogP) is 24.5. The molecule has 0 saturated carbocycles. The molecular weight excluding hydrogens is 1360 g/mol. The van der Waals surface area contributed by atoms with Gasteiger partial charge >= 0.3 is 0 Å². The molecule has 14 aromatic carbocycles. The van der Waals surface area contributed by atoms with Crippen molar-refractivity contribution in [2.24, 2.45) is 0 Å². The highest BCUT2D eigenvalue weighted by Gasteiger charge is 2.37. The van der Waals surface area contributed by atoms with Crippen molar-refractivity contribution in [3.8, 4) is 103 Å². The molecule has 109 heavy (non-hydrogen) atoms. The largest absolute Gasteiger partial charge is 0.306 e. The highest BCUT2D eigenvalue weighted by Crippen LogP contribution is 2.52. The third-order valence-electron chi connectivity index (χ3n) is 20.3. The standard InChI is InChI=1S/C71H43N7.C23H11F4N3.CH4.H2/c72-44-55-67(75-58-35-15-7-27-47(58)48-28-8-16-36-59(48)75)69(77-62-39-19-11-31-51(62)52-32-12-20-40-63(52)77)66(71-73-56(45-23-3-1-4-24-45)43-57(74-71)46-25-5-2-6-26-46)70(78-64-41-21-13-33-53(64)54-34-14-22-42-65(54)78)68(55)76-60-37-17-9-29-49(60)50-30-10-18-38-61(50)76;24-19-15(12-28)20(25)22(27)18(21(19)26)23-29-16(13-7-3-1-4-8-13)11-17(30-23)14-9-5-2-6-10-14;;/h1-43H;1-11H;1H4;1H/i;;;1+1. The van der Waals surface area contributed by atoms with Crippen LogP contribution in [0.4, 0.5) is 17.6 Å². The van der Waals surface area contributed by atoms with Gasteiger partial charge < -0.3 is 18.3 Å². The summed E-state index contributed by atoms with van der Waals surface area (Å²) in [5, 5.41) is 30.3. The topological polar surface area (TPSA) is 119 Å². The molecule has 14 heteroatoms. The smallest absolute Gasteiger partial charge is 0.180 e. The second kappa shape index (κ2) is 27.0. The van der Waals surface area contributed by atoms with Gasteiger partial charge in [-0.05, 0) is 60.7 Å². The SMILES string of the molecule is C.N#Cc1c(-n2c3ccccc3c3ccccc32)c(-n2c3ccccc3c3ccccc32)c(-c2nc(-c3ccccc3)cc(-c3ccccc3)n2)c(-n2c3ccccc3c3ccccc32)c1-n1c2ccccc2c2ccccc21.N#Cc1c(F)c(F)c(-c2nc(-c3ccccc3)cc(-c3ccccc3)n2)c(F)c1F.[2HH]. The number of para-hydroxylation sites is 8. The normalized spacial score (nSPS) is 11.4. The molecule has 10 nitrogen and oxygen atoms in total. The lowest BCUT2D eigenvalue weighted by molar-refractivity contribution is 0.453. The van der Waals surface area contributed by atoms with Crippen molar-refractivity contribution in [3.05, 3.63) is 362 Å². The van der Waals surface area contributed by atoms with Gasteiger partial charge in [0.25, 0.3) is 0 Å². The zero-order chi connectivity index (χ0) is 72.7. The number of nitrogens with zero attached hydrogens (tertiary/aromatic N) is 10. The summed E-state index contributed by atoms with van der Waals surface area (Å²) in [6.07, 6.45) is 0. The number of nitriles is 2. The lowest BCUT2D eigenvalue weighted by Crippen LogP contribution is -2.17. The Morgan fingerprint density at radius 1 is 0.239 bits per heavy atom. The quantitative estimate of drug-likeness (QED) is 0.0994. The van der Waals surface area contributed by atoms with Crippen molar-refractivity contribution in [1.82, 2.24) is 38.2 Å². The van der Waals surface area contributed by atoms with Gasteiger partial charge in [0.15, 0.2) is 34.9 Å². The van der Waals surface area contributed by atoms with Crippen LogP contribution >= 0.6 is 0 Å². The van der Waals surface area contributed by atoms with E-state index in [0.29, 0.717) is 45.3 Å². The average Bonchev–Trinajstić information content (AvgIpc) is 1.44. The van der Waals surface area contributed by atoms with E-state index in [0.717, 1.165) is 133 Å². The average molecular weight is 1420 g/mol. The highest BCUT2D eigenvalue weighted by atomic mass is 19.2. The van der Waals surface area contributed by atoms with Gasteiger partial charge in [-0.15, -0.1) is 0 Å². The molecule has 518 valence electrons. The van der Waals surface area contributed by atoms with Gasteiger partial charge in [0.05, 0.1) is 101 Å². The van der Waals surface area contributed by atoms with E-state index < -0.39 is 40.2 Å². The number of hydrogen-bond donors (Lipinski definition) is 0. The van der Waals surface area contributed by atoms with Crippen LogP contribution in [0.25, 0.3) is 178 Å². The van der Waals surface area contributed by atoms with Gasteiger partial charge in [0, 0.05) is 66.8 Å². The molecule has 0 bridgehead atoms. The van der Waals surface area contributed by atoms with Crippen LogP contribution in [-0.2, 0) is 0 Å². The third-order valence-corrected chi connectivity index (χ3v) is 20.3. The second-order valence-electron chi connectivity index (χ2n) is 26.2. The summed E-state index contributed by atoms with van der Waals surface area (Å²) in [4.78, 5) is 20.0. The molecule has 0 aliphatic heterocycles. The third kappa shape index (κ3) is 10.7. The van der Waals surface area contributed by atoms with Crippen molar-refractivity contribution < 1.29 is 19.0 Å². The van der Waals surface area contributed by atoms with Gasteiger partial charge in [-0.2, -0.15) is 10.5 Å². The van der Waals surface area contributed by atoms with Crippen molar-refractivity contribution in [2.45, 2.75) is 7.43 Å². The molecule has 0 fully saturated rings. The molecule has 6 aromatic heterocycles. The Kier molecular flexibility index (Phi) is 16.4. The molecule has 0 unspecified atom stereocenters. The minimum absolute atomic E-state index is 0.